The summed E-state index contributed by atoms with van der Waals surface area (Å²) in [6, 6.07) is 12.4. The molecule has 0 amide bonds. The van der Waals surface area contributed by atoms with Crippen molar-refractivity contribution >= 4 is 36.0 Å². The van der Waals surface area contributed by atoms with E-state index in [0.29, 0.717) is 6.61 Å². The SMILES string of the molecule is COC[C@@H](C)Nc1sc(S(=O)(=O)c2ccc(C)cc2)nc1S(=O)(=O)c1ccc(C)cc1. The normalized spacial score (nSPS) is 13.2. The summed E-state index contributed by atoms with van der Waals surface area (Å²) >= 11 is 0.799. The van der Waals surface area contributed by atoms with E-state index in [9.17, 15) is 16.8 Å². The van der Waals surface area contributed by atoms with Crippen LogP contribution in [0.1, 0.15) is 18.1 Å². The maximum Gasteiger partial charge on any atom is 0.233 e. The number of ether oxygens (including phenoxy) is 1. The van der Waals surface area contributed by atoms with Crippen molar-refractivity contribution < 1.29 is 21.6 Å². The number of nitrogens with one attached hydrogen (secondary N) is 1. The number of thiazole rings is 1. The Morgan fingerprint density at radius 1 is 0.903 bits per heavy atom. The van der Waals surface area contributed by atoms with Crippen LogP contribution < -0.4 is 5.32 Å². The Labute approximate surface area is 187 Å². The molecule has 0 aliphatic rings. The molecule has 3 aromatic rings. The number of benzene rings is 2. The Kier molecular flexibility index (Phi) is 6.85. The van der Waals surface area contributed by atoms with Crippen LogP contribution in [-0.2, 0) is 24.4 Å². The van der Waals surface area contributed by atoms with Crippen molar-refractivity contribution in [3.63, 3.8) is 0 Å². The molecule has 10 heteroatoms. The van der Waals surface area contributed by atoms with Crippen LogP contribution in [0.4, 0.5) is 5.00 Å². The van der Waals surface area contributed by atoms with E-state index < -0.39 is 19.7 Å². The highest BCUT2D eigenvalue weighted by molar-refractivity contribution is 7.94. The van der Waals surface area contributed by atoms with Gasteiger partial charge in [-0.25, -0.2) is 21.8 Å². The van der Waals surface area contributed by atoms with Crippen molar-refractivity contribution in [1.29, 1.82) is 0 Å². The zero-order valence-electron chi connectivity index (χ0n) is 17.6. The number of aryl methyl sites for hydroxylation is 2. The molecule has 0 aliphatic heterocycles. The van der Waals surface area contributed by atoms with E-state index in [4.69, 9.17) is 4.74 Å². The standard InChI is InChI=1S/C21H24N2O5S3/c1-14-5-9-17(10-6-14)30(24,25)20-19(22-16(3)13-28-4)29-21(23-20)31(26,27)18-11-7-15(2)8-12-18/h5-12,16,22H,13H2,1-4H3/t16-/m1/s1. The molecular formula is C21H24N2O5S3. The Morgan fingerprint density at radius 3 is 1.87 bits per heavy atom. The lowest BCUT2D eigenvalue weighted by Gasteiger charge is -2.13. The average Bonchev–Trinajstić information content (AvgIpc) is 3.14. The third-order valence-corrected chi connectivity index (χ3v) is 9.48. The number of hydrogen-bond acceptors (Lipinski definition) is 8. The molecule has 1 heterocycles. The molecule has 1 atom stereocenters. The van der Waals surface area contributed by atoms with Crippen LogP contribution in [0.3, 0.4) is 0 Å². The van der Waals surface area contributed by atoms with Crippen molar-refractivity contribution in [2.75, 3.05) is 19.0 Å². The van der Waals surface area contributed by atoms with Crippen molar-refractivity contribution in [2.45, 2.75) is 46.0 Å². The monoisotopic (exact) mass is 480 g/mol. The van der Waals surface area contributed by atoms with Gasteiger partial charge in [0.2, 0.25) is 24.0 Å². The van der Waals surface area contributed by atoms with E-state index in [2.05, 4.69) is 10.3 Å². The number of rotatable bonds is 8. The van der Waals surface area contributed by atoms with Crippen LogP contribution in [-0.4, -0.2) is 41.6 Å². The lowest BCUT2D eigenvalue weighted by Crippen LogP contribution is -2.21. The molecule has 3 rings (SSSR count). The lowest BCUT2D eigenvalue weighted by atomic mass is 10.2. The van der Waals surface area contributed by atoms with Crippen LogP contribution in [0.15, 0.2) is 67.7 Å². The molecule has 7 nitrogen and oxygen atoms in total. The molecule has 0 fully saturated rings. The smallest absolute Gasteiger partial charge is 0.233 e. The van der Waals surface area contributed by atoms with E-state index in [1.165, 1.54) is 31.4 Å². The van der Waals surface area contributed by atoms with Gasteiger partial charge >= 0.3 is 0 Å². The van der Waals surface area contributed by atoms with Gasteiger partial charge in [0.25, 0.3) is 0 Å². The quantitative estimate of drug-likeness (QED) is 0.522. The fraction of sp³-hybridized carbons (Fsp3) is 0.286. The van der Waals surface area contributed by atoms with Crippen LogP contribution in [0.25, 0.3) is 0 Å². The largest absolute Gasteiger partial charge is 0.383 e. The van der Waals surface area contributed by atoms with E-state index in [1.807, 2.05) is 13.8 Å². The second-order valence-electron chi connectivity index (χ2n) is 7.25. The first-order valence-corrected chi connectivity index (χ1v) is 13.2. The molecule has 166 valence electrons. The fourth-order valence-electron chi connectivity index (χ4n) is 2.84. The van der Waals surface area contributed by atoms with Crippen molar-refractivity contribution in [2.24, 2.45) is 0 Å². The van der Waals surface area contributed by atoms with Gasteiger partial charge in [-0.05, 0) is 45.0 Å². The van der Waals surface area contributed by atoms with Crippen LogP contribution >= 0.6 is 11.3 Å². The number of aromatic nitrogens is 1. The van der Waals surface area contributed by atoms with Gasteiger partial charge in [0.1, 0.15) is 5.00 Å². The molecule has 0 spiro atoms. The number of methoxy groups -OCH3 is 1. The van der Waals surface area contributed by atoms with Gasteiger partial charge in [-0.3, -0.25) is 0 Å². The highest BCUT2D eigenvalue weighted by Gasteiger charge is 2.32. The predicted octanol–water partition coefficient (Wildman–Crippen LogP) is 3.87. The molecule has 0 saturated heterocycles. The van der Waals surface area contributed by atoms with Gasteiger partial charge in [0.15, 0.2) is 5.03 Å². The second-order valence-corrected chi connectivity index (χ2v) is 12.2. The Morgan fingerprint density at radius 2 is 1.39 bits per heavy atom. The third kappa shape index (κ3) is 4.98. The second kappa shape index (κ2) is 9.07. The maximum absolute atomic E-state index is 13.3. The Balaban J connectivity index is 2.14. The first kappa shape index (κ1) is 23.4. The minimum absolute atomic E-state index is 0.0464. The maximum atomic E-state index is 13.3. The fourth-order valence-corrected chi connectivity index (χ4v) is 7.23. The molecule has 0 aliphatic carbocycles. The van der Waals surface area contributed by atoms with E-state index in [0.717, 1.165) is 22.5 Å². The highest BCUT2D eigenvalue weighted by Crippen LogP contribution is 2.37. The molecule has 2 aromatic carbocycles. The van der Waals surface area contributed by atoms with E-state index >= 15 is 0 Å². The zero-order valence-corrected chi connectivity index (χ0v) is 20.1. The van der Waals surface area contributed by atoms with Gasteiger partial charge in [-0.15, -0.1) is 0 Å². The molecule has 0 unspecified atom stereocenters. The highest BCUT2D eigenvalue weighted by atomic mass is 32.2. The minimum atomic E-state index is -4.04. The van der Waals surface area contributed by atoms with E-state index in [-0.39, 0.29) is 30.2 Å². The van der Waals surface area contributed by atoms with Gasteiger partial charge < -0.3 is 10.1 Å². The Bertz CT molecular complexity index is 1260. The predicted molar refractivity (Wildman–Crippen MR) is 120 cm³/mol. The van der Waals surface area contributed by atoms with Crippen molar-refractivity contribution in [1.82, 2.24) is 4.98 Å². The summed E-state index contributed by atoms with van der Waals surface area (Å²) in [5, 5.41) is 2.89. The van der Waals surface area contributed by atoms with Gasteiger partial charge in [-0.1, -0.05) is 46.7 Å². The molecule has 0 saturated carbocycles. The third-order valence-electron chi connectivity index (χ3n) is 4.52. The van der Waals surface area contributed by atoms with Crippen molar-refractivity contribution in [3.05, 3.63) is 59.7 Å². The summed E-state index contributed by atoms with van der Waals surface area (Å²) in [5.74, 6) is 0. The number of sulfone groups is 2. The van der Waals surface area contributed by atoms with Gasteiger partial charge in [0.05, 0.1) is 16.4 Å². The Hall–Kier alpha value is -2.27. The van der Waals surface area contributed by atoms with Crippen LogP contribution in [0, 0.1) is 13.8 Å². The van der Waals surface area contributed by atoms with Crippen molar-refractivity contribution in [3.8, 4) is 0 Å². The lowest BCUT2D eigenvalue weighted by molar-refractivity contribution is 0.190. The first-order valence-electron chi connectivity index (χ1n) is 9.45. The molecule has 1 N–H and O–H groups in total. The molecule has 0 radical (unpaired) electrons. The molecular weight excluding hydrogens is 456 g/mol. The van der Waals surface area contributed by atoms with Gasteiger partial charge in [-0.2, -0.15) is 0 Å². The topological polar surface area (TPSA) is 102 Å². The summed E-state index contributed by atoms with van der Waals surface area (Å²) in [6.45, 7) is 5.82. The summed E-state index contributed by atoms with van der Waals surface area (Å²) in [7, 11) is -6.50. The zero-order chi connectivity index (χ0) is 22.8. The molecule has 1 aromatic heterocycles. The summed E-state index contributed by atoms with van der Waals surface area (Å²) in [6.07, 6.45) is 0. The minimum Gasteiger partial charge on any atom is -0.383 e. The average molecular weight is 481 g/mol. The molecule has 31 heavy (non-hydrogen) atoms. The summed E-state index contributed by atoms with van der Waals surface area (Å²) in [4.78, 5) is 4.21. The molecule has 0 bridgehead atoms. The van der Waals surface area contributed by atoms with Crippen LogP contribution in [0.5, 0.6) is 0 Å². The van der Waals surface area contributed by atoms with Crippen LogP contribution in [0.2, 0.25) is 0 Å². The first-order chi connectivity index (χ1) is 14.6. The summed E-state index contributed by atoms with van der Waals surface area (Å²) < 4.78 is 57.7. The number of nitrogens with zero attached hydrogens (tertiary/aromatic N) is 1. The number of anilines is 1. The number of hydrogen-bond donors (Lipinski definition) is 1. The summed E-state index contributed by atoms with van der Waals surface area (Å²) in [5.41, 5.74) is 1.82. The van der Waals surface area contributed by atoms with Gasteiger partial charge in [0, 0.05) is 13.2 Å². The van der Waals surface area contributed by atoms with E-state index in [1.54, 1.807) is 31.2 Å².